The first-order chi connectivity index (χ1) is 12.8. The lowest BCUT2D eigenvalue weighted by Gasteiger charge is -2.25. The van der Waals surface area contributed by atoms with E-state index in [2.05, 4.69) is 32.1 Å². The molecule has 0 N–H and O–H groups in total. The number of carbonyl (C=O) groups excluding carboxylic acids is 1. The van der Waals surface area contributed by atoms with Crippen molar-refractivity contribution in [3.05, 3.63) is 59.1 Å². The summed E-state index contributed by atoms with van der Waals surface area (Å²) >= 11 is 0. The smallest absolute Gasteiger partial charge is 0.240 e. The number of hydrogen-bond donors (Lipinski definition) is 0. The van der Waals surface area contributed by atoms with Crippen LogP contribution in [0.4, 0.5) is 5.95 Å². The van der Waals surface area contributed by atoms with E-state index < -0.39 is 5.41 Å². The van der Waals surface area contributed by atoms with Crippen molar-refractivity contribution in [2.24, 2.45) is 11.3 Å². The van der Waals surface area contributed by atoms with Crippen LogP contribution in [0, 0.1) is 32.1 Å². The van der Waals surface area contributed by atoms with Crippen molar-refractivity contribution in [2.45, 2.75) is 41.0 Å². The first-order valence-corrected chi connectivity index (χ1v) is 9.15. The molecule has 1 fully saturated rings. The van der Waals surface area contributed by atoms with Gasteiger partial charge in [-0.3, -0.25) is 9.69 Å². The third-order valence-electron chi connectivity index (χ3n) is 5.40. The minimum absolute atomic E-state index is 0.0403. The molecule has 1 unspecified atom stereocenters. The Kier molecular flexibility index (Phi) is 3.94. The Hall–Kier alpha value is -2.89. The molecule has 6 nitrogen and oxygen atoms in total. The minimum atomic E-state index is -0.501. The van der Waals surface area contributed by atoms with Gasteiger partial charge in [-0.1, -0.05) is 19.9 Å². The van der Waals surface area contributed by atoms with Crippen LogP contribution in [0.25, 0.3) is 5.57 Å². The van der Waals surface area contributed by atoms with Crippen LogP contribution < -0.4 is 4.90 Å². The molecule has 1 amide bonds. The van der Waals surface area contributed by atoms with E-state index in [1.165, 1.54) is 0 Å². The van der Waals surface area contributed by atoms with Crippen molar-refractivity contribution < 1.29 is 4.79 Å². The Balaban J connectivity index is 1.82. The fourth-order valence-electron chi connectivity index (χ4n) is 3.88. The summed E-state index contributed by atoms with van der Waals surface area (Å²) in [6.45, 7) is 9.72. The number of amides is 1. The number of nitrogens with zero attached hydrogens (tertiary/aromatic N) is 5. The SMILES string of the molecule is Cc1cc(C)nc(N2C(=O)C(C)(C)C3CC=C(c4cnc(C)nc4)C=C32)n1. The largest absolute Gasteiger partial charge is 0.273 e. The number of hydrogen-bond acceptors (Lipinski definition) is 5. The fourth-order valence-corrected chi connectivity index (χ4v) is 3.88. The van der Waals surface area contributed by atoms with Crippen molar-refractivity contribution in [1.82, 2.24) is 19.9 Å². The predicted octanol–water partition coefficient (Wildman–Crippen LogP) is 3.55. The molecule has 2 aromatic heterocycles. The Morgan fingerprint density at radius 2 is 1.70 bits per heavy atom. The molecule has 0 saturated carbocycles. The van der Waals surface area contributed by atoms with Crippen molar-refractivity contribution >= 4 is 17.4 Å². The highest BCUT2D eigenvalue weighted by Crippen LogP contribution is 2.49. The van der Waals surface area contributed by atoms with E-state index in [4.69, 9.17) is 0 Å². The van der Waals surface area contributed by atoms with Gasteiger partial charge in [-0.25, -0.2) is 19.9 Å². The second-order valence-electron chi connectivity index (χ2n) is 7.85. The van der Waals surface area contributed by atoms with Crippen LogP contribution in [0.5, 0.6) is 0 Å². The van der Waals surface area contributed by atoms with Crippen molar-refractivity contribution in [2.75, 3.05) is 4.90 Å². The summed E-state index contributed by atoms with van der Waals surface area (Å²) in [5.41, 5.74) is 4.13. The van der Waals surface area contributed by atoms with E-state index in [9.17, 15) is 4.79 Å². The molecule has 0 spiro atoms. The highest BCUT2D eigenvalue weighted by atomic mass is 16.2. The van der Waals surface area contributed by atoms with Gasteiger partial charge in [0.05, 0.1) is 5.41 Å². The second kappa shape index (κ2) is 6.08. The number of anilines is 1. The van der Waals surface area contributed by atoms with Crippen LogP contribution in [0.15, 0.2) is 36.3 Å². The molecular formula is C21H23N5O. The van der Waals surface area contributed by atoms with E-state index in [0.29, 0.717) is 5.95 Å². The molecule has 1 atom stereocenters. The Bertz CT molecular complexity index is 968. The number of fused-ring (bicyclic) bond motifs is 1. The molecule has 4 rings (SSSR count). The van der Waals surface area contributed by atoms with Crippen LogP contribution >= 0.6 is 0 Å². The highest BCUT2D eigenvalue weighted by molar-refractivity contribution is 6.03. The molecule has 0 radical (unpaired) electrons. The normalized spacial score (nSPS) is 21.0. The molecule has 1 saturated heterocycles. The third kappa shape index (κ3) is 2.85. The second-order valence-corrected chi connectivity index (χ2v) is 7.85. The van der Waals surface area contributed by atoms with Crippen LogP contribution in [-0.2, 0) is 4.79 Å². The molecule has 2 aromatic rings. The van der Waals surface area contributed by atoms with Gasteiger partial charge in [-0.15, -0.1) is 0 Å². The van der Waals surface area contributed by atoms with E-state index in [1.54, 1.807) is 4.90 Å². The Morgan fingerprint density at radius 1 is 1.07 bits per heavy atom. The summed E-state index contributed by atoms with van der Waals surface area (Å²) in [5.74, 6) is 1.34. The van der Waals surface area contributed by atoms with Gasteiger partial charge in [0, 0.05) is 41.0 Å². The van der Waals surface area contributed by atoms with Gasteiger partial charge < -0.3 is 0 Å². The molecule has 0 aromatic carbocycles. The lowest BCUT2D eigenvalue weighted by atomic mass is 9.75. The lowest BCUT2D eigenvalue weighted by molar-refractivity contribution is -0.125. The van der Waals surface area contributed by atoms with E-state index >= 15 is 0 Å². The number of carbonyl (C=O) groups is 1. The number of allylic oxidation sites excluding steroid dienone is 4. The maximum absolute atomic E-state index is 13.3. The summed E-state index contributed by atoms with van der Waals surface area (Å²) in [6.07, 6.45) is 8.67. The first kappa shape index (κ1) is 17.5. The van der Waals surface area contributed by atoms with Gasteiger partial charge in [-0.05, 0) is 44.9 Å². The van der Waals surface area contributed by atoms with Crippen molar-refractivity contribution in [3.8, 4) is 0 Å². The van der Waals surface area contributed by atoms with Gasteiger partial charge in [0.25, 0.3) is 0 Å². The first-order valence-electron chi connectivity index (χ1n) is 9.15. The van der Waals surface area contributed by atoms with Gasteiger partial charge in [-0.2, -0.15) is 0 Å². The molecule has 138 valence electrons. The van der Waals surface area contributed by atoms with Gasteiger partial charge >= 0.3 is 0 Å². The fraction of sp³-hybridized carbons (Fsp3) is 0.381. The molecule has 3 heterocycles. The molecule has 1 aliphatic carbocycles. The van der Waals surface area contributed by atoms with Gasteiger partial charge in [0.2, 0.25) is 11.9 Å². The third-order valence-corrected chi connectivity index (χ3v) is 5.40. The van der Waals surface area contributed by atoms with Crippen LogP contribution in [0.2, 0.25) is 0 Å². The Labute approximate surface area is 159 Å². The average molecular weight is 361 g/mol. The van der Waals surface area contributed by atoms with Crippen molar-refractivity contribution in [1.29, 1.82) is 0 Å². The number of aryl methyl sites for hydroxylation is 3. The average Bonchev–Trinajstić information content (AvgIpc) is 2.81. The molecule has 0 bridgehead atoms. The van der Waals surface area contributed by atoms with E-state index in [-0.39, 0.29) is 11.8 Å². The molecular weight excluding hydrogens is 338 g/mol. The quantitative estimate of drug-likeness (QED) is 0.818. The zero-order valence-corrected chi connectivity index (χ0v) is 16.3. The van der Waals surface area contributed by atoms with Crippen LogP contribution in [0.3, 0.4) is 0 Å². The topological polar surface area (TPSA) is 71.9 Å². The predicted molar refractivity (Wildman–Crippen MR) is 104 cm³/mol. The van der Waals surface area contributed by atoms with Crippen molar-refractivity contribution in [3.63, 3.8) is 0 Å². The number of aromatic nitrogens is 4. The summed E-state index contributed by atoms with van der Waals surface area (Å²) in [6, 6.07) is 1.91. The lowest BCUT2D eigenvalue weighted by Crippen LogP contribution is -2.32. The molecule has 27 heavy (non-hydrogen) atoms. The molecule has 6 heteroatoms. The summed E-state index contributed by atoms with van der Waals surface area (Å²) in [4.78, 5) is 32.6. The van der Waals surface area contributed by atoms with Gasteiger partial charge in [0.1, 0.15) is 5.82 Å². The Morgan fingerprint density at radius 3 is 2.33 bits per heavy atom. The van der Waals surface area contributed by atoms with Crippen LogP contribution in [0.1, 0.15) is 43.0 Å². The zero-order chi connectivity index (χ0) is 19.3. The summed E-state index contributed by atoms with van der Waals surface area (Å²) in [5, 5.41) is 0. The highest BCUT2D eigenvalue weighted by Gasteiger charge is 2.52. The number of rotatable bonds is 2. The molecule has 2 aliphatic rings. The molecule has 1 aliphatic heterocycles. The van der Waals surface area contributed by atoms with E-state index in [0.717, 1.165) is 40.5 Å². The monoisotopic (exact) mass is 361 g/mol. The maximum atomic E-state index is 13.3. The summed E-state index contributed by atoms with van der Waals surface area (Å²) in [7, 11) is 0. The maximum Gasteiger partial charge on any atom is 0.240 e. The van der Waals surface area contributed by atoms with Gasteiger partial charge in [0.15, 0.2) is 0 Å². The zero-order valence-electron chi connectivity index (χ0n) is 16.3. The standard InChI is InChI=1S/C21H23N5O/c1-12-8-13(2)25-20(24-12)26-18-9-15(16-10-22-14(3)23-11-16)6-7-17(18)21(4,5)19(26)27/h6,8-11,17H,7H2,1-5H3. The van der Waals surface area contributed by atoms with E-state index in [1.807, 2.05) is 53.1 Å². The minimum Gasteiger partial charge on any atom is -0.273 e. The summed E-state index contributed by atoms with van der Waals surface area (Å²) < 4.78 is 0. The van der Waals surface area contributed by atoms with Crippen LogP contribution in [-0.4, -0.2) is 25.8 Å².